The quantitative estimate of drug-likeness (QED) is 0.582. The van der Waals surface area contributed by atoms with E-state index in [2.05, 4.69) is 33.8 Å². The first-order valence-electron chi connectivity index (χ1n) is 4.77. The molecule has 0 bridgehead atoms. The van der Waals surface area contributed by atoms with E-state index in [4.69, 9.17) is 0 Å². The van der Waals surface area contributed by atoms with Gasteiger partial charge in [0.15, 0.2) is 0 Å². The Morgan fingerprint density at radius 3 is 2.54 bits per heavy atom. The van der Waals surface area contributed by atoms with Crippen LogP contribution in [-0.2, 0) is 0 Å². The highest BCUT2D eigenvalue weighted by molar-refractivity contribution is 8.81. The van der Waals surface area contributed by atoms with E-state index in [0.717, 1.165) is 11.6 Å². The third kappa shape index (κ3) is 3.58. The van der Waals surface area contributed by atoms with E-state index in [1.165, 1.54) is 24.2 Å². The summed E-state index contributed by atoms with van der Waals surface area (Å²) in [6.45, 7) is 12.2. The molecule has 0 aromatic carbocycles. The van der Waals surface area contributed by atoms with Crippen LogP contribution in [-0.4, -0.2) is 31.8 Å². The van der Waals surface area contributed by atoms with Crippen LogP contribution in [0.1, 0.15) is 13.8 Å². The maximum atomic E-state index is 2.62. The highest BCUT2D eigenvalue weighted by Gasteiger charge is 2.41. The molecule has 1 aliphatic heterocycles. The van der Waals surface area contributed by atoms with Gasteiger partial charge in [-0.05, 0) is 26.7 Å². The third-order valence-electron chi connectivity index (χ3n) is 2.77. The Hall–Kier alpha value is 2.15. The van der Waals surface area contributed by atoms with Gasteiger partial charge < -0.3 is 0 Å². The van der Waals surface area contributed by atoms with Crippen molar-refractivity contribution in [2.45, 2.75) is 19.5 Å². The van der Waals surface area contributed by atoms with E-state index in [0.29, 0.717) is 7.61 Å². The Morgan fingerprint density at radius 2 is 2.00 bits per heavy atom. The molecule has 0 aliphatic carbocycles. The second-order valence-corrected chi connectivity index (χ2v) is 26.4. The van der Waals surface area contributed by atoms with E-state index in [-0.39, 0.29) is 0 Å². The van der Waals surface area contributed by atoms with Gasteiger partial charge in [-0.2, -0.15) is 0 Å². The SMILES string of the molecule is CC(C)C1CPPP[P+](C)(C)P1C. The van der Waals surface area contributed by atoms with Gasteiger partial charge in [-0.3, -0.25) is 0 Å². The molecule has 1 fully saturated rings. The maximum Gasteiger partial charge on any atom is 0.0678 e. The van der Waals surface area contributed by atoms with E-state index in [1.54, 1.807) is 6.16 Å². The summed E-state index contributed by atoms with van der Waals surface area (Å²) in [5.41, 5.74) is 1.10. The molecule has 0 saturated carbocycles. The fourth-order valence-corrected chi connectivity index (χ4v) is 37.3. The normalized spacial score (nSPS) is 40.2. The summed E-state index contributed by atoms with van der Waals surface area (Å²) in [6, 6.07) is 0. The highest BCUT2D eigenvalue weighted by atomic mass is 32.7. The average Bonchev–Trinajstić information content (AvgIpc) is 2.13. The molecule has 0 N–H and O–H groups in total. The summed E-state index contributed by atoms with van der Waals surface area (Å²) in [6.07, 6.45) is 1.56. The monoisotopic (exact) mass is 273 g/mol. The topological polar surface area (TPSA) is 0 Å². The van der Waals surface area contributed by atoms with Crippen LogP contribution in [0.25, 0.3) is 0 Å². The molecule has 78 valence electrons. The minimum absolute atomic E-state index is 0.373. The van der Waals surface area contributed by atoms with Crippen molar-refractivity contribution in [1.82, 2.24) is 0 Å². The van der Waals surface area contributed by atoms with Crippen molar-refractivity contribution in [2.75, 3.05) is 26.2 Å². The number of hydrogen-bond acceptors (Lipinski definition) is 0. The summed E-state index contributed by atoms with van der Waals surface area (Å²) in [5, 5.41) is 0. The van der Waals surface area contributed by atoms with Crippen LogP contribution in [0.2, 0.25) is 0 Å². The molecular formula is C8H22P5+. The van der Waals surface area contributed by atoms with Crippen LogP contribution in [0.5, 0.6) is 0 Å². The van der Waals surface area contributed by atoms with E-state index in [1.807, 2.05) is 0 Å². The van der Waals surface area contributed by atoms with Crippen LogP contribution >= 0.6 is 38.4 Å². The molecule has 13 heavy (non-hydrogen) atoms. The number of hydrogen-bond donors (Lipinski definition) is 0. The standard InChI is InChI=1S/C8H22P5/c1-7(2)8-6-9-10-11-13(4,5)12(8)3/h7-11H,6H2,1-5H3/q+1. The molecule has 1 heterocycles. The van der Waals surface area contributed by atoms with Gasteiger partial charge in [-0.25, -0.2) is 0 Å². The molecule has 0 aromatic rings. The Balaban J connectivity index is 2.73. The molecule has 0 aromatic heterocycles. The van der Waals surface area contributed by atoms with Crippen molar-refractivity contribution in [3.8, 4) is 0 Å². The molecule has 5 unspecified atom stereocenters. The Labute approximate surface area is 90.2 Å². The van der Waals surface area contributed by atoms with Crippen molar-refractivity contribution in [1.29, 1.82) is 0 Å². The van der Waals surface area contributed by atoms with Gasteiger partial charge in [0.25, 0.3) is 0 Å². The van der Waals surface area contributed by atoms with Crippen molar-refractivity contribution in [2.24, 2.45) is 5.92 Å². The number of rotatable bonds is 1. The summed E-state index contributed by atoms with van der Waals surface area (Å²) >= 11 is 0. The lowest BCUT2D eigenvalue weighted by Gasteiger charge is -2.30. The molecule has 0 nitrogen and oxygen atoms in total. The van der Waals surface area contributed by atoms with Gasteiger partial charge in [0, 0.05) is 12.3 Å². The molecule has 0 amide bonds. The summed E-state index contributed by atoms with van der Waals surface area (Å²) < 4.78 is 0. The third-order valence-corrected chi connectivity index (χ3v) is 32.7. The lowest BCUT2D eigenvalue weighted by Crippen LogP contribution is -2.15. The van der Waals surface area contributed by atoms with Gasteiger partial charge in [0.05, 0.1) is 28.9 Å². The highest BCUT2D eigenvalue weighted by Crippen LogP contribution is 2.97. The predicted octanol–water partition coefficient (Wildman–Crippen LogP) is 5.11. The Kier molecular flexibility index (Phi) is 5.56. The fraction of sp³-hybridized carbons (Fsp3) is 1.00. The van der Waals surface area contributed by atoms with E-state index < -0.39 is 6.64 Å². The van der Waals surface area contributed by atoms with Gasteiger partial charge in [-0.1, -0.05) is 22.1 Å². The zero-order chi connectivity index (χ0) is 10.1. The average molecular weight is 273 g/mol. The molecular weight excluding hydrogens is 251 g/mol. The largest absolute Gasteiger partial charge is 0.0906 e. The van der Waals surface area contributed by atoms with E-state index >= 15 is 0 Å². The summed E-state index contributed by atoms with van der Waals surface area (Å²) in [4.78, 5) is 0. The van der Waals surface area contributed by atoms with Gasteiger partial charge in [-0.15, -0.1) is 0 Å². The lowest BCUT2D eigenvalue weighted by molar-refractivity contribution is 0.643. The van der Waals surface area contributed by atoms with Crippen LogP contribution < -0.4 is 0 Å². The first kappa shape index (κ1) is 13.2. The van der Waals surface area contributed by atoms with Crippen molar-refractivity contribution in [3.63, 3.8) is 0 Å². The molecule has 5 atom stereocenters. The van der Waals surface area contributed by atoms with Crippen molar-refractivity contribution >= 4 is 38.4 Å². The molecule has 1 saturated heterocycles. The molecule has 1 aliphatic rings. The first-order chi connectivity index (χ1) is 5.95. The Bertz CT molecular complexity index is 168. The first-order valence-corrected chi connectivity index (χ1v) is 16.1. The van der Waals surface area contributed by atoms with E-state index in [9.17, 15) is 0 Å². The van der Waals surface area contributed by atoms with Crippen LogP contribution in [0.4, 0.5) is 0 Å². The lowest BCUT2D eigenvalue weighted by atomic mass is 10.1. The smallest absolute Gasteiger partial charge is 0.0678 e. The van der Waals surface area contributed by atoms with Crippen LogP contribution in [0, 0.1) is 5.92 Å². The molecule has 1 rings (SSSR count). The van der Waals surface area contributed by atoms with Crippen LogP contribution in [0.3, 0.4) is 0 Å². The second kappa shape index (κ2) is 5.47. The zero-order valence-corrected chi connectivity index (χ0v) is 14.0. The molecule has 5 heteroatoms. The second-order valence-electron chi connectivity index (χ2n) is 4.40. The predicted molar refractivity (Wildman–Crippen MR) is 80.1 cm³/mol. The van der Waals surface area contributed by atoms with Crippen molar-refractivity contribution < 1.29 is 0 Å². The Morgan fingerprint density at radius 1 is 1.38 bits per heavy atom. The van der Waals surface area contributed by atoms with Crippen LogP contribution in [0.15, 0.2) is 0 Å². The fourth-order valence-electron chi connectivity index (χ4n) is 1.58. The summed E-state index contributed by atoms with van der Waals surface area (Å²) in [7, 11) is 4.37. The van der Waals surface area contributed by atoms with Crippen molar-refractivity contribution in [3.05, 3.63) is 0 Å². The minimum Gasteiger partial charge on any atom is -0.0906 e. The van der Waals surface area contributed by atoms with Gasteiger partial charge >= 0.3 is 0 Å². The zero-order valence-electron chi connectivity index (χ0n) is 9.26. The summed E-state index contributed by atoms with van der Waals surface area (Å²) in [5.74, 6) is 0.940. The van der Waals surface area contributed by atoms with Gasteiger partial charge in [0.1, 0.15) is 0 Å². The van der Waals surface area contributed by atoms with Gasteiger partial charge in [0.2, 0.25) is 0 Å². The molecule has 0 spiro atoms. The molecule has 0 radical (unpaired) electrons. The maximum absolute atomic E-state index is 2.62. The minimum atomic E-state index is -0.469.